The molecule has 0 amide bonds. The smallest absolute Gasteiger partial charge is 0.329 e. The summed E-state index contributed by atoms with van der Waals surface area (Å²) in [5.74, 6) is 0.139. The van der Waals surface area contributed by atoms with Crippen LogP contribution >= 0.6 is 0 Å². The predicted octanol–water partition coefficient (Wildman–Crippen LogP) is 2.10. The molecule has 1 fully saturated rings. The van der Waals surface area contributed by atoms with Crippen molar-refractivity contribution >= 4 is 11.9 Å². The zero-order valence-electron chi connectivity index (χ0n) is 12.0. The van der Waals surface area contributed by atoms with Crippen LogP contribution in [0.3, 0.4) is 0 Å². The minimum absolute atomic E-state index is 0.445. The monoisotopic (exact) mass is 279 g/mol. The van der Waals surface area contributed by atoms with E-state index in [0.29, 0.717) is 37.8 Å². The predicted molar refractivity (Wildman–Crippen MR) is 75.1 cm³/mol. The molecule has 0 saturated carbocycles. The SMILES string of the molecule is CCCOc1ccnc(N2CCCC2(CC)C(=O)O)n1. The van der Waals surface area contributed by atoms with Crippen LogP contribution in [0.2, 0.25) is 0 Å². The van der Waals surface area contributed by atoms with Crippen molar-refractivity contribution in [3.63, 3.8) is 0 Å². The van der Waals surface area contributed by atoms with Gasteiger partial charge in [0.05, 0.1) is 6.61 Å². The average molecular weight is 279 g/mol. The second-order valence-electron chi connectivity index (χ2n) is 4.99. The van der Waals surface area contributed by atoms with Gasteiger partial charge in [-0.3, -0.25) is 0 Å². The third-order valence-corrected chi connectivity index (χ3v) is 3.78. The molecule has 1 aromatic heterocycles. The molecule has 1 saturated heterocycles. The van der Waals surface area contributed by atoms with Crippen LogP contribution in [0, 0.1) is 0 Å². The quantitative estimate of drug-likeness (QED) is 0.859. The van der Waals surface area contributed by atoms with Crippen LogP contribution in [0.15, 0.2) is 12.3 Å². The van der Waals surface area contributed by atoms with Crippen LogP contribution < -0.4 is 9.64 Å². The Morgan fingerprint density at radius 1 is 1.55 bits per heavy atom. The van der Waals surface area contributed by atoms with Gasteiger partial charge in [0.2, 0.25) is 11.8 Å². The van der Waals surface area contributed by atoms with Crippen molar-refractivity contribution in [2.75, 3.05) is 18.1 Å². The topological polar surface area (TPSA) is 75.5 Å². The van der Waals surface area contributed by atoms with Gasteiger partial charge in [-0.15, -0.1) is 0 Å². The van der Waals surface area contributed by atoms with Crippen molar-refractivity contribution < 1.29 is 14.6 Å². The minimum atomic E-state index is -0.886. The van der Waals surface area contributed by atoms with E-state index in [0.717, 1.165) is 12.8 Å². The number of nitrogens with zero attached hydrogens (tertiary/aromatic N) is 3. The van der Waals surface area contributed by atoms with Crippen molar-refractivity contribution in [1.29, 1.82) is 0 Å². The molecule has 1 atom stereocenters. The molecule has 1 aliphatic rings. The Balaban J connectivity index is 2.28. The highest BCUT2D eigenvalue weighted by Crippen LogP contribution is 2.35. The van der Waals surface area contributed by atoms with E-state index in [9.17, 15) is 9.90 Å². The number of anilines is 1. The van der Waals surface area contributed by atoms with E-state index in [1.165, 1.54) is 0 Å². The molecule has 2 rings (SSSR count). The maximum Gasteiger partial charge on any atom is 0.329 e. The lowest BCUT2D eigenvalue weighted by Gasteiger charge is -2.33. The van der Waals surface area contributed by atoms with Gasteiger partial charge in [0, 0.05) is 18.8 Å². The molecular formula is C14H21N3O3. The highest BCUT2D eigenvalue weighted by molar-refractivity contribution is 5.83. The number of carboxylic acids is 1. The van der Waals surface area contributed by atoms with Gasteiger partial charge in [-0.25, -0.2) is 9.78 Å². The Bertz CT molecular complexity index is 480. The molecule has 6 nitrogen and oxygen atoms in total. The Morgan fingerprint density at radius 2 is 2.35 bits per heavy atom. The van der Waals surface area contributed by atoms with E-state index in [4.69, 9.17) is 4.74 Å². The third-order valence-electron chi connectivity index (χ3n) is 3.78. The minimum Gasteiger partial charge on any atom is -0.479 e. The lowest BCUT2D eigenvalue weighted by molar-refractivity contribution is -0.143. The van der Waals surface area contributed by atoms with Crippen molar-refractivity contribution in [3.05, 3.63) is 12.3 Å². The van der Waals surface area contributed by atoms with E-state index >= 15 is 0 Å². The lowest BCUT2D eigenvalue weighted by atomic mass is 9.93. The van der Waals surface area contributed by atoms with Gasteiger partial charge in [0.1, 0.15) is 5.54 Å². The summed E-state index contributed by atoms with van der Waals surface area (Å²) in [6.07, 6.45) is 4.52. The van der Waals surface area contributed by atoms with Crippen molar-refractivity contribution in [2.45, 2.75) is 45.1 Å². The van der Waals surface area contributed by atoms with E-state index in [1.54, 1.807) is 17.2 Å². The molecule has 1 N–H and O–H groups in total. The fourth-order valence-corrected chi connectivity index (χ4v) is 2.66. The molecule has 0 aromatic carbocycles. The van der Waals surface area contributed by atoms with Crippen LogP contribution in [0.25, 0.3) is 0 Å². The molecular weight excluding hydrogens is 258 g/mol. The van der Waals surface area contributed by atoms with Gasteiger partial charge < -0.3 is 14.7 Å². The summed E-state index contributed by atoms with van der Waals surface area (Å²) in [5.41, 5.74) is -0.886. The fraction of sp³-hybridized carbons (Fsp3) is 0.643. The van der Waals surface area contributed by atoms with E-state index in [2.05, 4.69) is 9.97 Å². The summed E-state index contributed by atoms with van der Waals surface area (Å²) >= 11 is 0. The summed E-state index contributed by atoms with van der Waals surface area (Å²) in [4.78, 5) is 22.0. The van der Waals surface area contributed by atoms with Gasteiger partial charge in [-0.1, -0.05) is 13.8 Å². The zero-order valence-corrected chi connectivity index (χ0v) is 12.0. The van der Waals surface area contributed by atoms with E-state index < -0.39 is 11.5 Å². The average Bonchev–Trinajstić information content (AvgIpc) is 2.90. The molecule has 0 bridgehead atoms. The Morgan fingerprint density at radius 3 is 3.00 bits per heavy atom. The number of hydrogen-bond donors (Lipinski definition) is 1. The first kappa shape index (κ1) is 14.6. The van der Waals surface area contributed by atoms with Crippen LogP contribution in [0.5, 0.6) is 5.88 Å². The Kier molecular flexibility index (Phi) is 4.42. The van der Waals surface area contributed by atoms with Gasteiger partial charge in [-0.2, -0.15) is 4.98 Å². The number of carboxylic acid groups (broad SMARTS) is 1. The lowest BCUT2D eigenvalue weighted by Crippen LogP contribution is -2.51. The first-order valence-electron chi connectivity index (χ1n) is 7.11. The summed E-state index contributed by atoms with van der Waals surface area (Å²) in [5, 5.41) is 9.58. The van der Waals surface area contributed by atoms with Crippen molar-refractivity contribution in [3.8, 4) is 5.88 Å². The van der Waals surface area contributed by atoms with Crippen LogP contribution in [0.1, 0.15) is 39.5 Å². The second-order valence-corrected chi connectivity index (χ2v) is 4.99. The number of aliphatic carboxylic acids is 1. The number of ether oxygens (including phenoxy) is 1. The zero-order chi connectivity index (χ0) is 14.6. The summed E-state index contributed by atoms with van der Waals surface area (Å²) in [6, 6.07) is 1.70. The second kappa shape index (κ2) is 6.07. The molecule has 20 heavy (non-hydrogen) atoms. The first-order chi connectivity index (χ1) is 9.64. The number of hydrogen-bond acceptors (Lipinski definition) is 5. The van der Waals surface area contributed by atoms with Gasteiger partial charge >= 0.3 is 5.97 Å². The van der Waals surface area contributed by atoms with E-state index in [1.807, 2.05) is 13.8 Å². The molecule has 1 aromatic rings. The number of carbonyl (C=O) groups is 1. The summed E-state index contributed by atoms with van der Waals surface area (Å²) < 4.78 is 5.49. The van der Waals surface area contributed by atoms with Crippen molar-refractivity contribution in [2.24, 2.45) is 0 Å². The number of aromatic nitrogens is 2. The molecule has 0 radical (unpaired) electrons. The molecule has 2 heterocycles. The normalized spacial score (nSPS) is 22.0. The first-order valence-corrected chi connectivity index (χ1v) is 7.11. The molecule has 0 spiro atoms. The van der Waals surface area contributed by atoms with Crippen LogP contribution in [-0.2, 0) is 4.79 Å². The Labute approximate surface area is 118 Å². The maximum atomic E-state index is 11.7. The molecule has 0 aliphatic carbocycles. The maximum absolute atomic E-state index is 11.7. The largest absolute Gasteiger partial charge is 0.479 e. The molecule has 6 heteroatoms. The molecule has 110 valence electrons. The van der Waals surface area contributed by atoms with Crippen molar-refractivity contribution in [1.82, 2.24) is 9.97 Å². The highest BCUT2D eigenvalue weighted by atomic mass is 16.5. The molecule has 1 aliphatic heterocycles. The van der Waals surface area contributed by atoms with Gasteiger partial charge in [0.15, 0.2) is 0 Å². The molecule has 1 unspecified atom stereocenters. The van der Waals surface area contributed by atoms with E-state index in [-0.39, 0.29) is 0 Å². The van der Waals surface area contributed by atoms with Gasteiger partial charge in [0.25, 0.3) is 0 Å². The highest BCUT2D eigenvalue weighted by Gasteiger charge is 2.47. The standard InChI is InChI=1S/C14H21N3O3/c1-3-10-20-11-6-8-15-13(16-11)17-9-5-7-14(17,4-2)12(18)19/h6,8H,3-5,7,9-10H2,1-2H3,(H,18,19). The summed E-state index contributed by atoms with van der Waals surface area (Å²) in [6.45, 7) is 5.17. The third kappa shape index (κ3) is 2.55. The van der Waals surface area contributed by atoms with Crippen LogP contribution in [0.4, 0.5) is 5.95 Å². The fourth-order valence-electron chi connectivity index (χ4n) is 2.66. The van der Waals surface area contributed by atoms with Gasteiger partial charge in [-0.05, 0) is 25.7 Å². The Hall–Kier alpha value is -1.85. The number of rotatable bonds is 6. The van der Waals surface area contributed by atoms with Crippen LogP contribution in [-0.4, -0.2) is 39.7 Å². The summed E-state index contributed by atoms with van der Waals surface area (Å²) in [7, 11) is 0.